The average molecular weight is 413 g/mol. The summed E-state index contributed by atoms with van der Waals surface area (Å²) >= 11 is 2.13. The molecule has 2 aromatic carbocycles. The van der Waals surface area contributed by atoms with E-state index in [1.165, 1.54) is 6.07 Å². The number of ether oxygens (including phenoxy) is 1. The summed E-state index contributed by atoms with van der Waals surface area (Å²) in [6, 6.07) is 12.1. The maximum absolute atomic E-state index is 12.7. The summed E-state index contributed by atoms with van der Waals surface area (Å²) in [7, 11) is 0. The zero-order valence-corrected chi connectivity index (χ0v) is 15.4. The van der Waals surface area contributed by atoms with E-state index in [0.29, 0.717) is 17.1 Å². The van der Waals surface area contributed by atoms with Gasteiger partial charge in [-0.2, -0.15) is 13.2 Å². The first kappa shape index (κ1) is 19.6. The zero-order valence-electron chi connectivity index (χ0n) is 13.8. The summed E-state index contributed by atoms with van der Waals surface area (Å²) in [6.45, 7) is 0. The second-order valence-corrected chi connectivity index (χ2v) is 7.83. The van der Waals surface area contributed by atoms with Crippen LogP contribution in [-0.4, -0.2) is 22.3 Å². The highest BCUT2D eigenvalue weighted by atomic mass is 32.2. The topological polar surface area (TPSA) is 55.4 Å². The number of rotatable bonds is 6. The molecule has 4 nitrogen and oxygen atoms in total. The zero-order chi connectivity index (χ0) is 19.4. The average Bonchev–Trinajstić information content (AvgIpc) is 2.93. The monoisotopic (exact) mass is 413 g/mol. The van der Waals surface area contributed by atoms with Crippen LogP contribution in [-0.2, 0) is 17.4 Å². The molecule has 3 rings (SSSR count). The highest BCUT2D eigenvalue weighted by Crippen LogP contribution is 2.32. The molecule has 1 atom stereocenters. The largest absolute Gasteiger partial charge is 0.483 e. The minimum Gasteiger partial charge on any atom is -0.483 e. The summed E-state index contributed by atoms with van der Waals surface area (Å²) < 4.78 is 43.6. The lowest BCUT2D eigenvalue weighted by Crippen LogP contribution is -2.25. The number of imide groups is 1. The third kappa shape index (κ3) is 5.43. The Labute approximate surface area is 161 Å². The van der Waals surface area contributed by atoms with Gasteiger partial charge in [0.1, 0.15) is 11.7 Å². The van der Waals surface area contributed by atoms with E-state index in [9.17, 15) is 22.8 Å². The molecule has 0 bridgehead atoms. The van der Waals surface area contributed by atoms with Crippen molar-refractivity contribution in [3.63, 3.8) is 0 Å². The predicted octanol–water partition coefficient (Wildman–Crippen LogP) is 4.73. The van der Waals surface area contributed by atoms with Crippen LogP contribution in [0.15, 0.2) is 53.4 Å². The fraction of sp³-hybridized carbons (Fsp3) is 0.222. The van der Waals surface area contributed by atoms with Crippen molar-refractivity contribution in [1.29, 1.82) is 0 Å². The first-order valence-electron chi connectivity index (χ1n) is 7.84. The van der Waals surface area contributed by atoms with Crippen molar-refractivity contribution < 1.29 is 27.5 Å². The molecule has 1 aliphatic rings. The fourth-order valence-corrected chi connectivity index (χ4v) is 3.97. The molecule has 1 N–H and O–H groups in total. The minimum atomic E-state index is -4.37. The number of carbonyl (C=O) groups excluding carboxylic acids is 2. The molecule has 0 spiro atoms. The van der Waals surface area contributed by atoms with Crippen LogP contribution in [0.25, 0.3) is 0 Å². The Balaban J connectivity index is 1.51. The number of hydrogen-bond acceptors (Lipinski definition) is 5. The first-order chi connectivity index (χ1) is 12.8. The second-order valence-electron chi connectivity index (χ2n) is 5.66. The Morgan fingerprint density at radius 1 is 1.11 bits per heavy atom. The highest BCUT2D eigenvalue weighted by molar-refractivity contribution is 8.15. The van der Waals surface area contributed by atoms with E-state index in [4.69, 9.17) is 4.74 Å². The van der Waals surface area contributed by atoms with Gasteiger partial charge in [0.05, 0.1) is 10.8 Å². The molecule has 27 heavy (non-hydrogen) atoms. The molecular weight excluding hydrogens is 399 g/mol. The smallest absolute Gasteiger partial charge is 0.416 e. The van der Waals surface area contributed by atoms with Crippen molar-refractivity contribution >= 4 is 34.7 Å². The van der Waals surface area contributed by atoms with Crippen LogP contribution in [0.5, 0.6) is 5.75 Å². The van der Waals surface area contributed by atoms with Gasteiger partial charge in [0.15, 0.2) is 0 Å². The Bertz CT molecular complexity index is 840. The van der Waals surface area contributed by atoms with Crippen molar-refractivity contribution in [1.82, 2.24) is 5.32 Å². The first-order valence-corrected chi connectivity index (χ1v) is 9.71. The summed E-state index contributed by atoms with van der Waals surface area (Å²) in [4.78, 5) is 23.2. The van der Waals surface area contributed by atoms with Crippen LogP contribution < -0.4 is 10.1 Å². The lowest BCUT2D eigenvalue weighted by Gasteiger charge is -2.10. The lowest BCUT2D eigenvalue weighted by atomic mass is 10.1. The number of thioether (sulfide) groups is 2. The number of nitrogens with one attached hydrogen (secondary N) is 1. The number of amides is 2. The molecule has 1 aliphatic heterocycles. The molecule has 1 saturated heterocycles. The van der Waals surface area contributed by atoms with Crippen LogP contribution in [0.1, 0.15) is 11.1 Å². The van der Waals surface area contributed by atoms with Crippen molar-refractivity contribution in [2.75, 3.05) is 5.94 Å². The minimum absolute atomic E-state index is 0.163. The number of carbonyl (C=O) groups is 2. The number of halogens is 3. The van der Waals surface area contributed by atoms with Gasteiger partial charge in [-0.1, -0.05) is 41.7 Å². The molecule has 1 fully saturated rings. The molecule has 0 aromatic heterocycles. The Kier molecular flexibility index (Phi) is 6.01. The Morgan fingerprint density at radius 3 is 2.48 bits per heavy atom. The molecular formula is C18H14F3NO3S2. The van der Waals surface area contributed by atoms with Crippen LogP contribution in [0.3, 0.4) is 0 Å². The molecule has 2 aromatic rings. The number of hydrogen-bond donors (Lipinski definition) is 1. The summed E-state index contributed by atoms with van der Waals surface area (Å²) in [6.07, 6.45) is -3.94. The van der Waals surface area contributed by atoms with E-state index in [1.807, 2.05) is 0 Å². The van der Waals surface area contributed by atoms with Crippen LogP contribution in [0.4, 0.5) is 18.0 Å². The lowest BCUT2D eigenvalue weighted by molar-refractivity contribution is -0.137. The maximum atomic E-state index is 12.7. The highest BCUT2D eigenvalue weighted by Gasteiger charge is 2.31. The van der Waals surface area contributed by atoms with E-state index in [2.05, 4.69) is 5.32 Å². The molecule has 0 saturated carbocycles. The van der Waals surface area contributed by atoms with Crippen LogP contribution in [0, 0.1) is 0 Å². The van der Waals surface area contributed by atoms with Gasteiger partial charge in [-0.25, -0.2) is 0 Å². The predicted molar refractivity (Wildman–Crippen MR) is 97.9 cm³/mol. The van der Waals surface area contributed by atoms with E-state index >= 15 is 0 Å². The molecule has 1 unspecified atom stereocenters. The van der Waals surface area contributed by atoms with Gasteiger partial charge in [-0.15, -0.1) is 0 Å². The summed E-state index contributed by atoms with van der Waals surface area (Å²) in [5, 5.41) is 1.48. The quantitative estimate of drug-likeness (QED) is 0.548. The van der Waals surface area contributed by atoms with Gasteiger partial charge < -0.3 is 4.74 Å². The second kappa shape index (κ2) is 8.26. The standard InChI is InChI=1S/C18H14F3NO3S2/c19-18(20,21)12-2-1-3-14(9-12)26-10-25-13-6-4-11(5-7-13)8-15-16(23)22-17(24)27-15/h1-7,9,15H,8,10H2,(H,22,23,24). The van der Waals surface area contributed by atoms with Gasteiger partial charge in [-0.05, 0) is 42.3 Å². The molecule has 142 valence electrons. The van der Waals surface area contributed by atoms with Crippen molar-refractivity contribution in [2.45, 2.75) is 22.7 Å². The van der Waals surface area contributed by atoms with Gasteiger partial charge in [0, 0.05) is 4.90 Å². The van der Waals surface area contributed by atoms with Crippen molar-refractivity contribution in [3.05, 3.63) is 59.7 Å². The van der Waals surface area contributed by atoms with Crippen LogP contribution >= 0.6 is 23.5 Å². The molecule has 0 radical (unpaired) electrons. The van der Waals surface area contributed by atoms with Gasteiger partial charge >= 0.3 is 6.18 Å². The molecule has 1 heterocycles. The third-order valence-corrected chi connectivity index (χ3v) is 5.53. The van der Waals surface area contributed by atoms with E-state index < -0.39 is 17.0 Å². The van der Waals surface area contributed by atoms with Crippen LogP contribution in [0.2, 0.25) is 0 Å². The normalized spacial score (nSPS) is 17.1. The van der Waals surface area contributed by atoms with E-state index in [1.54, 1.807) is 30.3 Å². The Hall–Kier alpha value is -2.13. The summed E-state index contributed by atoms with van der Waals surface area (Å²) in [5.41, 5.74) is 0.194. The fourth-order valence-electron chi connectivity index (χ4n) is 2.39. The molecule has 0 aliphatic carbocycles. The Morgan fingerprint density at radius 2 is 1.85 bits per heavy atom. The van der Waals surface area contributed by atoms with Crippen molar-refractivity contribution in [2.24, 2.45) is 0 Å². The van der Waals surface area contributed by atoms with Gasteiger partial charge in [0.2, 0.25) is 5.91 Å². The van der Waals surface area contributed by atoms with E-state index in [0.717, 1.165) is 41.2 Å². The SMILES string of the molecule is O=C1NC(=O)C(Cc2ccc(OCSc3cccc(C(F)(F)F)c3)cc2)S1. The molecule has 9 heteroatoms. The van der Waals surface area contributed by atoms with Crippen molar-refractivity contribution in [3.8, 4) is 5.75 Å². The number of alkyl halides is 3. The third-order valence-electron chi connectivity index (χ3n) is 3.72. The summed E-state index contributed by atoms with van der Waals surface area (Å²) in [5.74, 6) is 0.441. The van der Waals surface area contributed by atoms with Gasteiger partial charge in [-0.3, -0.25) is 14.9 Å². The van der Waals surface area contributed by atoms with E-state index in [-0.39, 0.29) is 17.1 Å². The maximum Gasteiger partial charge on any atom is 0.416 e. The molecule has 2 amide bonds. The number of benzene rings is 2. The van der Waals surface area contributed by atoms with Gasteiger partial charge in [0.25, 0.3) is 5.24 Å².